The first-order valence-corrected chi connectivity index (χ1v) is 5.72. The van der Waals surface area contributed by atoms with Crippen LogP contribution >= 0.6 is 0 Å². The van der Waals surface area contributed by atoms with Crippen LogP contribution in [0.4, 0.5) is 4.39 Å². The molecule has 0 aliphatic heterocycles. The van der Waals surface area contributed by atoms with Crippen LogP contribution in [0.5, 0.6) is 11.5 Å². The van der Waals surface area contributed by atoms with Crippen LogP contribution in [0.3, 0.4) is 0 Å². The van der Waals surface area contributed by atoms with E-state index in [1.54, 1.807) is 24.3 Å². The van der Waals surface area contributed by atoms with Gasteiger partial charge in [-0.3, -0.25) is 4.79 Å². The Morgan fingerprint density at radius 3 is 2.84 bits per heavy atom. The van der Waals surface area contributed by atoms with E-state index in [4.69, 9.17) is 15.2 Å². The van der Waals surface area contributed by atoms with E-state index >= 15 is 0 Å². The molecule has 0 radical (unpaired) electrons. The second-order valence-corrected chi connectivity index (χ2v) is 4.11. The van der Waals surface area contributed by atoms with Crippen molar-refractivity contribution < 1.29 is 18.7 Å². The van der Waals surface area contributed by atoms with Crippen molar-refractivity contribution in [3.63, 3.8) is 0 Å². The molecule has 100 valence electrons. The maximum atomic E-state index is 13.8. The molecular formula is C14H14FNO3. The van der Waals surface area contributed by atoms with E-state index in [0.717, 1.165) is 0 Å². The summed E-state index contributed by atoms with van der Waals surface area (Å²) in [4.78, 5) is 11.4. The van der Waals surface area contributed by atoms with Crippen molar-refractivity contribution in [1.29, 1.82) is 0 Å². The molecule has 1 aliphatic rings. The average Bonchev–Trinajstić information content (AvgIpc) is 2.43. The molecule has 4 nitrogen and oxygen atoms in total. The zero-order valence-corrected chi connectivity index (χ0v) is 10.4. The Bertz CT molecular complexity index is 541. The Morgan fingerprint density at radius 1 is 1.42 bits per heavy atom. The zero-order chi connectivity index (χ0) is 13.9. The van der Waals surface area contributed by atoms with E-state index in [2.05, 4.69) is 0 Å². The summed E-state index contributed by atoms with van der Waals surface area (Å²) in [5.41, 5.74) is 4.43. The summed E-state index contributed by atoms with van der Waals surface area (Å²) in [6, 6.07) is 3.57. The summed E-state index contributed by atoms with van der Waals surface area (Å²) < 4.78 is 24.4. The number of ether oxygens (including phenoxy) is 2. The van der Waals surface area contributed by atoms with Crippen molar-refractivity contribution in [2.24, 2.45) is 5.73 Å². The number of methoxy groups -OCH3 is 1. The van der Waals surface area contributed by atoms with E-state index in [1.165, 1.54) is 25.3 Å². The Morgan fingerprint density at radius 2 is 2.21 bits per heavy atom. The number of para-hydroxylation sites is 1. The first-order valence-electron chi connectivity index (χ1n) is 5.72. The fraction of sp³-hybridized carbons (Fsp3) is 0.214. The lowest BCUT2D eigenvalue weighted by Crippen LogP contribution is -2.52. The highest BCUT2D eigenvalue weighted by Gasteiger charge is 2.38. The van der Waals surface area contributed by atoms with Gasteiger partial charge in [-0.2, -0.15) is 0 Å². The fourth-order valence-electron chi connectivity index (χ4n) is 1.82. The number of allylic oxidation sites excluding steroid dienone is 2. The Balaban J connectivity index is 2.42. The van der Waals surface area contributed by atoms with Crippen LogP contribution in [-0.4, -0.2) is 25.0 Å². The van der Waals surface area contributed by atoms with Crippen molar-refractivity contribution in [2.45, 2.75) is 11.6 Å². The van der Waals surface area contributed by atoms with Gasteiger partial charge in [0.25, 0.3) is 0 Å². The van der Waals surface area contributed by atoms with Gasteiger partial charge in [0.05, 0.1) is 13.2 Å². The minimum absolute atomic E-state index is 0.132. The van der Waals surface area contributed by atoms with Crippen LogP contribution in [-0.2, 0) is 4.79 Å². The molecule has 0 fully saturated rings. The van der Waals surface area contributed by atoms with Gasteiger partial charge < -0.3 is 15.2 Å². The molecule has 2 atom stereocenters. The van der Waals surface area contributed by atoms with Gasteiger partial charge in [-0.25, -0.2) is 4.39 Å². The van der Waals surface area contributed by atoms with Gasteiger partial charge in [0.2, 0.25) is 5.60 Å². The second-order valence-electron chi connectivity index (χ2n) is 4.11. The lowest BCUT2D eigenvalue weighted by molar-refractivity contribution is -0.118. The molecule has 0 amide bonds. The second kappa shape index (κ2) is 5.24. The topological polar surface area (TPSA) is 61.5 Å². The van der Waals surface area contributed by atoms with Crippen molar-refractivity contribution in [1.82, 2.24) is 0 Å². The van der Waals surface area contributed by atoms with Gasteiger partial charge in [0.15, 0.2) is 23.6 Å². The van der Waals surface area contributed by atoms with E-state index in [-0.39, 0.29) is 11.5 Å². The molecule has 0 spiro atoms. The van der Waals surface area contributed by atoms with Crippen molar-refractivity contribution >= 4 is 6.29 Å². The molecule has 1 aromatic rings. The monoisotopic (exact) mass is 263 g/mol. The maximum absolute atomic E-state index is 13.8. The third-order valence-electron chi connectivity index (χ3n) is 2.92. The highest BCUT2D eigenvalue weighted by atomic mass is 19.1. The summed E-state index contributed by atoms with van der Waals surface area (Å²) in [6.07, 6.45) is 7.00. The van der Waals surface area contributed by atoms with Gasteiger partial charge in [-0.05, 0) is 18.2 Å². The van der Waals surface area contributed by atoms with E-state index in [0.29, 0.717) is 6.29 Å². The number of benzene rings is 1. The lowest BCUT2D eigenvalue weighted by atomic mass is 9.91. The Kier molecular flexibility index (Phi) is 3.66. The van der Waals surface area contributed by atoms with Crippen molar-refractivity contribution in [3.8, 4) is 11.5 Å². The number of hydrogen-bond donors (Lipinski definition) is 1. The maximum Gasteiger partial charge on any atom is 0.201 e. The van der Waals surface area contributed by atoms with Gasteiger partial charge in [0, 0.05) is 0 Å². The normalized spacial score (nSPS) is 25.1. The number of nitrogens with two attached hydrogens (primary N) is 1. The highest BCUT2D eigenvalue weighted by Crippen LogP contribution is 2.34. The summed E-state index contributed by atoms with van der Waals surface area (Å²) >= 11 is 0. The molecule has 5 heteroatoms. The summed E-state index contributed by atoms with van der Waals surface area (Å²) in [7, 11) is 1.39. The third-order valence-corrected chi connectivity index (χ3v) is 2.92. The largest absolute Gasteiger partial charge is 0.493 e. The number of carbonyl (C=O) groups is 1. The minimum atomic E-state index is -1.43. The summed E-state index contributed by atoms with van der Waals surface area (Å²) in [5.74, 6) is -0.542. The number of aldehydes is 1. The highest BCUT2D eigenvalue weighted by molar-refractivity contribution is 5.71. The molecule has 19 heavy (non-hydrogen) atoms. The first-order chi connectivity index (χ1) is 9.13. The fourth-order valence-corrected chi connectivity index (χ4v) is 1.82. The first kappa shape index (κ1) is 13.3. The molecule has 2 rings (SSSR count). The Hall–Kier alpha value is -2.14. The number of rotatable bonds is 4. The minimum Gasteiger partial charge on any atom is -0.493 e. The van der Waals surface area contributed by atoms with Gasteiger partial charge in [-0.15, -0.1) is 0 Å². The summed E-state index contributed by atoms with van der Waals surface area (Å²) in [6.45, 7) is 0. The smallest absolute Gasteiger partial charge is 0.201 e. The SMILES string of the molecule is COc1cccc(F)c1OC1(C=O)C=CC=CC1N. The molecule has 0 saturated heterocycles. The molecule has 0 saturated carbocycles. The van der Waals surface area contributed by atoms with Crippen LogP contribution in [0.2, 0.25) is 0 Å². The summed E-state index contributed by atoms with van der Waals surface area (Å²) in [5, 5.41) is 0. The van der Waals surface area contributed by atoms with Crippen molar-refractivity contribution in [2.75, 3.05) is 7.11 Å². The van der Waals surface area contributed by atoms with E-state index in [9.17, 15) is 9.18 Å². The van der Waals surface area contributed by atoms with Gasteiger partial charge in [-0.1, -0.05) is 24.3 Å². The Labute approximate surface area is 110 Å². The number of halogens is 1. The molecular weight excluding hydrogens is 249 g/mol. The third kappa shape index (κ3) is 2.37. The zero-order valence-electron chi connectivity index (χ0n) is 10.4. The molecule has 0 aromatic heterocycles. The predicted octanol–water partition coefficient (Wildman–Crippen LogP) is 1.60. The quantitative estimate of drug-likeness (QED) is 0.838. The molecule has 1 aromatic carbocycles. The molecule has 0 heterocycles. The van der Waals surface area contributed by atoms with Gasteiger partial charge in [0.1, 0.15) is 0 Å². The standard InChI is InChI=1S/C14H14FNO3/c1-18-11-6-4-5-10(15)13(11)19-14(9-17)8-3-2-7-12(14)16/h2-9,12H,16H2,1H3. The van der Waals surface area contributed by atoms with E-state index < -0.39 is 17.5 Å². The van der Waals surface area contributed by atoms with Crippen LogP contribution in [0, 0.1) is 5.82 Å². The lowest BCUT2D eigenvalue weighted by Gasteiger charge is -2.32. The molecule has 0 bridgehead atoms. The predicted molar refractivity (Wildman–Crippen MR) is 68.6 cm³/mol. The van der Waals surface area contributed by atoms with Crippen LogP contribution in [0.25, 0.3) is 0 Å². The van der Waals surface area contributed by atoms with Gasteiger partial charge >= 0.3 is 0 Å². The molecule has 2 unspecified atom stereocenters. The number of carbonyl (C=O) groups excluding carboxylic acids is 1. The van der Waals surface area contributed by atoms with E-state index in [1.807, 2.05) is 0 Å². The van der Waals surface area contributed by atoms with Crippen LogP contribution in [0.15, 0.2) is 42.5 Å². The molecule has 2 N–H and O–H groups in total. The van der Waals surface area contributed by atoms with Crippen LogP contribution in [0.1, 0.15) is 0 Å². The van der Waals surface area contributed by atoms with Crippen molar-refractivity contribution in [3.05, 3.63) is 48.3 Å². The molecule has 1 aliphatic carbocycles. The number of hydrogen-bond acceptors (Lipinski definition) is 4. The average molecular weight is 263 g/mol. The van der Waals surface area contributed by atoms with Crippen LogP contribution < -0.4 is 15.2 Å².